The van der Waals surface area contributed by atoms with Crippen LogP contribution in [0.25, 0.3) is 0 Å². The van der Waals surface area contributed by atoms with E-state index in [2.05, 4.69) is 10.3 Å². The molecule has 1 N–H and O–H groups in total. The molecular formula is C19H19F3N4O3. The molecule has 2 heterocycles. The predicted molar refractivity (Wildman–Crippen MR) is 99.1 cm³/mol. The van der Waals surface area contributed by atoms with Gasteiger partial charge in [0.25, 0.3) is 5.69 Å². The van der Waals surface area contributed by atoms with Crippen molar-refractivity contribution in [3.8, 4) is 0 Å². The third kappa shape index (κ3) is 5.01. The molecule has 1 saturated heterocycles. The number of anilines is 1. The summed E-state index contributed by atoms with van der Waals surface area (Å²) >= 11 is 0. The second kappa shape index (κ2) is 8.46. The van der Waals surface area contributed by atoms with Crippen LogP contribution in [0.3, 0.4) is 0 Å². The van der Waals surface area contributed by atoms with Crippen LogP contribution in [0.2, 0.25) is 0 Å². The molecule has 1 amide bonds. The van der Waals surface area contributed by atoms with E-state index in [0.29, 0.717) is 24.9 Å². The molecule has 2 aromatic rings. The van der Waals surface area contributed by atoms with Crippen LogP contribution in [-0.4, -0.2) is 28.9 Å². The van der Waals surface area contributed by atoms with Crippen molar-refractivity contribution >= 4 is 17.4 Å². The van der Waals surface area contributed by atoms with Gasteiger partial charge in [-0.05, 0) is 30.5 Å². The third-order valence-electron chi connectivity index (χ3n) is 4.80. The van der Waals surface area contributed by atoms with Gasteiger partial charge in [-0.2, -0.15) is 13.2 Å². The minimum Gasteiger partial charge on any atom is -0.355 e. The normalized spacial score (nSPS) is 17.1. The van der Waals surface area contributed by atoms with Crippen molar-refractivity contribution in [1.29, 1.82) is 0 Å². The van der Waals surface area contributed by atoms with Crippen molar-refractivity contribution in [3.05, 3.63) is 63.8 Å². The van der Waals surface area contributed by atoms with Crippen molar-refractivity contribution < 1.29 is 22.9 Å². The van der Waals surface area contributed by atoms with Gasteiger partial charge in [-0.15, -0.1) is 0 Å². The van der Waals surface area contributed by atoms with Crippen LogP contribution in [0.15, 0.2) is 42.6 Å². The van der Waals surface area contributed by atoms with Crippen LogP contribution in [0.1, 0.15) is 24.0 Å². The summed E-state index contributed by atoms with van der Waals surface area (Å²) in [5.74, 6) is -0.893. The van der Waals surface area contributed by atoms with E-state index in [4.69, 9.17) is 0 Å². The number of alkyl halides is 3. The van der Waals surface area contributed by atoms with E-state index in [1.54, 1.807) is 12.1 Å². The highest BCUT2D eigenvalue weighted by molar-refractivity contribution is 5.79. The van der Waals surface area contributed by atoms with Gasteiger partial charge in [0.05, 0.1) is 16.4 Å². The van der Waals surface area contributed by atoms with Gasteiger partial charge in [-0.25, -0.2) is 4.98 Å². The lowest BCUT2D eigenvalue weighted by molar-refractivity contribution is -0.384. The zero-order valence-electron chi connectivity index (χ0n) is 15.4. The molecule has 10 heteroatoms. The predicted octanol–water partition coefficient (Wildman–Crippen LogP) is 3.54. The summed E-state index contributed by atoms with van der Waals surface area (Å²) < 4.78 is 39.8. The van der Waals surface area contributed by atoms with E-state index in [0.717, 1.165) is 6.07 Å². The van der Waals surface area contributed by atoms with Crippen LogP contribution in [0.5, 0.6) is 0 Å². The lowest BCUT2D eigenvalue weighted by Crippen LogP contribution is -2.43. The van der Waals surface area contributed by atoms with Gasteiger partial charge in [-0.1, -0.05) is 12.1 Å². The number of pyridine rings is 1. The van der Waals surface area contributed by atoms with Crippen molar-refractivity contribution in [3.63, 3.8) is 0 Å². The Hall–Kier alpha value is -3.17. The Morgan fingerprint density at radius 3 is 2.66 bits per heavy atom. The number of hydrogen-bond acceptors (Lipinski definition) is 5. The topological polar surface area (TPSA) is 88.4 Å². The fourth-order valence-corrected chi connectivity index (χ4v) is 3.32. The van der Waals surface area contributed by atoms with Crippen LogP contribution in [-0.2, 0) is 17.5 Å². The number of non-ortho nitro benzene ring substituents is 1. The summed E-state index contributed by atoms with van der Waals surface area (Å²) in [6, 6.07) is 8.03. The fourth-order valence-electron chi connectivity index (χ4n) is 3.32. The number of halogens is 3. The molecule has 1 aromatic carbocycles. The maximum atomic E-state index is 13.3. The van der Waals surface area contributed by atoms with E-state index in [1.165, 1.54) is 29.3 Å². The zero-order valence-corrected chi connectivity index (χ0v) is 15.4. The molecule has 1 aliphatic rings. The molecule has 29 heavy (non-hydrogen) atoms. The number of amides is 1. The smallest absolute Gasteiger partial charge is 0.355 e. The number of piperidine rings is 1. The molecule has 0 bridgehead atoms. The van der Waals surface area contributed by atoms with Gasteiger partial charge in [-0.3, -0.25) is 14.9 Å². The zero-order chi connectivity index (χ0) is 21.0. The van der Waals surface area contributed by atoms with E-state index in [1.807, 2.05) is 0 Å². The lowest BCUT2D eigenvalue weighted by atomic mass is 9.96. The van der Waals surface area contributed by atoms with Gasteiger partial charge >= 0.3 is 6.18 Å². The summed E-state index contributed by atoms with van der Waals surface area (Å²) in [5.41, 5.74) is -0.161. The Bertz CT molecular complexity index is 887. The van der Waals surface area contributed by atoms with Crippen LogP contribution in [0.4, 0.5) is 24.7 Å². The third-order valence-corrected chi connectivity index (χ3v) is 4.80. The Morgan fingerprint density at radius 1 is 1.28 bits per heavy atom. The first-order valence-electron chi connectivity index (χ1n) is 9.04. The molecule has 1 aliphatic heterocycles. The number of carbonyl (C=O) groups excluding carboxylic acids is 1. The number of rotatable bonds is 5. The maximum Gasteiger partial charge on any atom is 0.419 e. The number of benzene rings is 1. The quantitative estimate of drug-likeness (QED) is 0.604. The minimum absolute atomic E-state index is 0.0428. The van der Waals surface area contributed by atoms with Crippen molar-refractivity contribution in [2.75, 3.05) is 18.0 Å². The van der Waals surface area contributed by atoms with E-state index in [9.17, 15) is 28.1 Å². The number of aromatic nitrogens is 1. The van der Waals surface area contributed by atoms with Crippen molar-refractivity contribution in [2.45, 2.75) is 25.6 Å². The maximum absolute atomic E-state index is 13.3. The molecule has 1 unspecified atom stereocenters. The van der Waals surface area contributed by atoms with Crippen LogP contribution >= 0.6 is 0 Å². The molecule has 3 rings (SSSR count). The Morgan fingerprint density at radius 2 is 2.00 bits per heavy atom. The van der Waals surface area contributed by atoms with Crippen LogP contribution in [0, 0.1) is 16.0 Å². The summed E-state index contributed by atoms with van der Waals surface area (Å²) in [6.07, 6.45) is -2.07. The Kier molecular flexibility index (Phi) is 6.00. The molecule has 0 spiro atoms. The number of nitrogens with one attached hydrogen (secondary N) is 1. The molecular weight excluding hydrogens is 389 g/mol. The highest BCUT2D eigenvalue weighted by Gasteiger charge is 2.37. The Labute approximate surface area is 164 Å². The van der Waals surface area contributed by atoms with Crippen molar-refractivity contribution in [1.82, 2.24) is 10.3 Å². The SMILES string of the molecule is O=C(NCc1ccc([N+](=O)[O-])cc1)C1CCCN(c2ncccc2C(F)(F)F)C1. The minimum atomic E-state index is -4.52. The molecule has 0 radical (unpaired) electrons. The van der Waals surface area contributed by atoms with Gasteiger partial charge in [0.1, 0.15) is 5.82 Å². The van der Waals surface area contributed by atoms with E-state index < -0.39 is 22.6 Å². The molecule has 0 aliphatic carbocycles. The number of nitro benzene ring substituents is 1. The Balaban J connectivity index is 1.63. The second-order valence-electron chi connectivity index (χ2n) is 6.80. The standard InChI is InChI=1S/C19H19F3N4O3/c20-19(21,22)16-4-1-9-23-17(16)25-10-2-3-14(12-25)18(27)24-11-13-5-7-15(8-6-13)26(28)29/h1,4-9,14H,2-3,10-12H2,(H,24,27). The number of nitro groups is 1. The van der Waals surface area contributed by atoms with Crippen molar-refractivity contribution in [2.24, 2.45) is 5.92 Å². The van der Waals surface area contributed by atoms with Crippen LogP contribution < -0.4 is 10.2 Å². The molecule has 0 saturated carbocycles. The largest absolute Gasteiger partial charge is 0.419 e. The average Bonchev–Trinajstić information content (AvgIpc) is 2.71. The fraction of sp³-hybridized carbons (Fsp3) is 0.368. The number of hydrogen-bond donors (Lipinski definition) is 1. The number of nitrogens with zero attached hydrogens (tertiary/aromatic N) is 3. The van der Waals surface area contributed by atoms with Gasteiger partial charge in [0, 0.05) is 38.0 Å². The molecule has 1 atom stereocenters. The molecule has 1 fully saturated rings. The first-order chi connectivity index (χ1) is 13.8. The highest BCUT2D eigenvalue weighted by atomic mass is 19.4. The van der Waals surface area contributed by atoms with Gasteiger partial charge < -0.3 is 10.2 Å². The molecule has 1 aromatic heterocycles. The highest BCUT2D eigenvalue weighted by Crippen LogP contribution is 2.36. The van der Waals surface area contributed by atoms with Gasteiger partial charge in [0.15, 0.2) is 0 Å². The van der Waals surface area contributed by atoms with E-state index >= 15 is 0 Å². The average molecular weight is 408 g/mol. The first kappa shape index (κ1) is 20.6. The summed E-state index contributed by atoms with van der Waals surface area (Å²) in [7, 11) is 0. The molecule has 7 nitrogen and oxygen atoms in total. The summed E-state index contributed by atoms with van der Waals surface area (Å²) in [6.45, 7) is 0.725. The summed E-state index contributed by atoms with van der Waals surface area (Å²) in [5, 5.41) is 13.4. The number of carbonyl (C=O) groups is 1. The summed E-state index contributed by atoms with van der Waals surface area (Å²) in [4.78, 5) is 28.1. The van der Waals surface area contributed by atoms with E-state index in [-0.39, 0.29) is 30.5 Å². The first-order valence-corrected chi connectivity index (χ1v) is 9.04. The van der Waals surface area contributed by atoms with Gasteiger partial charge in [0.2, 0.25) is 5.91 Å². The molecule has 154 valence electrons. The second-order valence-corrected chi connectivity index (χ2v) is 6.80. The lowest BCUT2D eigenvalue weighted by Gasteiger charge is -2.34. The monoisotopic (exact) mass is 408 g/mol.